The summed E-state index contributed by atoms with van der Waals surface area (Å²) in [5, 5.41) is 7.34. The van der Waals surface area contributed by atoms with Crippen LogP contribution in [0.1, 0.15) is 15.9 Å². The van der Waals surface area contributed by atoms with Gasteiger partial charge in [0.25, 0.3) is 5.91 Å². The number of aromatic nitrogens is 1. The average molecular weight is 581 g/mol. The van der Waals surface area contributed by atoms with E-state index in [2.05, 4.69) is 26.6 Å². The maximum Gasteiger partial charge on any atom is 0.261 e. The molecule has 0 fully saturated rings. The minimum atomic E-state index is -0.416. The van der Waals surface area contributed by atoms with E-state index < -0.39 is 5.91 Å². The van der Waals surface area contributed by atoms with Crippen LogP contribution in [0, 0.1) is 6.92 Å². The number of hydrogen-bond acceptors (Lipinski definition) is 5. The number of halogens is 3. The number of carbonyl (C=O) groups excluding carboxylic acids is 1. The minimum Gasteiger partial charge on any atom is -0.496 e. The molecule has 10 heteroatoms. The molecule has 0 atom stereocenters. The van der Waals surface area contributed by atoms with Gasteiger partial charge in [-0.25, -0.2) is 4.98 Å². The van der Waals surface area contributed by atoms with Gasteiger partial charge in [0, 0.05) is 15.1 Å². The van der Waals surface area contributed by atoms with Gasteiger partial charge in [0.15, 0.2) is 5.11 Å². The molecule has 168 valence electrons. The monoisotopic (exact) mass is 579 g/mol. The highest BCUT2D eigenvalue weighted by Gasteiger charge is 2.19. The Hall–Kier alpha value is -2.23. The lowest BCUT2D eigenvalue weighted by Gasteiger charge is -2.16. The summed E-state index contributed by atoms with van der Waals surface area (Å²) in [6.45, 7) is 1.86. The van der Waals surface area contributed by atoms with Crippen LogP contribution in [-0.2, 0) is 0 Å². The van der Waals surface area contributed by atoms with Gasteiger partial charge in [-0.05, 0) is 61.1 Å². The van der Waals surface area contributed by atoms with E-state index in [9.17, 15) is 4.79 Å². The third-order valence-electron chi connectivity index (χ3n) is 4.73. The topological polar surface area (TPSA) is 63.2 Å². The molecule has 1 amide bonds. The van der Waals surface area contributed by atoms with Crippen LogP contribution in [0.3, 0.4) is 0 Å². The number of nitrogens with one attached hydrogen (secondary N) is 2. The fourth-order valence-electron chi connectivity index (χ4n) is 3.34. The Kier molecular flexibility index (Phi) is 7.21. The van der Waals surface area contributed by atoms with Crippen molar-refractivity contribution < 1.29 is 9.53 Å². The van der Waals surface area contributed by atoms with Gasteiger partial charge in [-0.15, -0.1) is 11.3 Å². The molecular formula is C23H16BrCl2N3O2S2. The highest BCUT2D eigenvalue weighted by molar-refractivity contribution is 9.10. The number of carbonyl (C=O) groups is 1. The van der Waals surface area contributed by atoms with Gasteiger partial charge in [-0.1, -0.05) is 51.3 Å². The number of nitrogens with zero attached hydrogens (tertiary/aromatic N) is 1. The third-order valence-corrected chi connectivity index (χ3v) is 6.98. The molecule has 0 saturated carbocycles. The summed E-state index contributed by atoms with van der Waals surface area (Å²) in [4.78, 5) is 17.6. The third kappa shape index (κ3) is 5.15. The largest absolute Gasteiger partial charge is 0.496 e. The van der Waals surface area contributed by atoms with E-state index in [1.54, 1.807) is 18.2 Å². The van der Waals surface area contributed by atoms with Crippen molar-refractivity contribution in [1.29, 1.82) is 0 Å². The molecule has 3 aromatic carbocycles. The van der Waals surface area contributed by atoms with Crippen molar-refractivity contribution in [3.05, 3.63) is 74.2 Å². The highest BCUT2D eigenvalue weighted by Crippen LogP contribution is 2.40. The summed E-state index contributed by atoms with van der Waals surface area (Å²) in [6.07, 6.45) is 0. The number of rotatable bonds is 4. The Morgan fingerprint density at radius 3 is 2.67 bits per heavy atom. The molecule has 1 heterocycles. The molecule has 4 aromatic rings. The maximum atomic E-state index is 12.9. The van der Waals surface area contributed by atoms with E-state index in [1.807, 2.05) is 37.3 Å². The summed E-state index contributed by atoms with van der Waals surface area (Å²) in [5.74, 6) is 0.0542. The second-order valence-electron chi connectivity index (χ2n) is 7.01. The van der Waals surface area contributed by atoms with E-state index in [-0.39, 0.29) is 5.11 Å². The number of para-hydroxylation sites is 1. The van der Waals surface area contributed by atoms with Crippen LogP contribution < -0.4 is 15.4 Å². The summed E-state index contributed by atoms with van der Waals surface area (Å²) >= 11 is 23.1. The summed E-state index contributed by atoms with van der Waals surface area (Å²) < 4.78 is 7.19. The van der Waals surface area contributed by atoms with Gasteiger partial charge in [-0.3, -0.25) is 10.1 Å². The fraction of sp³-hybridized carbons (Fsp3) is 0.0870. The van der Waals surface area contributed by atoms with Gasteiger partial charge < -0.3 is 10.1 Å². The van der Waals surface area contributed by atoms with Crippen molar-refractivity contribution >= 4 is 89.6 Å². The fourth-order valence-corrected chi connectivity index (χ4v) is 5.64. The van der Waals surface area contributed by atoms with Crippen molar-refractivity contribution in [2.45, 2.75) is 6.92 Å². The SMILES string of the molecule is COc1c(C)cc(Br)cc1C(=O)NC(=S)Nc1c(Cl)cc(Cl)cc1-c1nc2ccccc2s1. The van der Waals surface area contributed by atoms with E-state index in [0.29, 0.717) is 32.6 Å². The molecule has 4 rings (SSSR count). The second-order valence-corrected chi connectivity index (χ2v) is 10.2. The second kappa shape index (κ2) is 9.95. The summed E-state index contributed by atoms with van der Waals surface area (Å²) in [7, 11) is 1.52. The normalized spacial score (nSPS) is 10.8. The number of anilines is 1. The molecule has 0 aliphatic heterocycles. The molecule has 0 unspecified atom stereocenters. The summed E-state index contributed by atoms with van der Waals surface area (Å²) in [6, 6.07) is 14.7. The number of ether oxygens (including phenoxy) is 1. The number of fused-ring (bicyclic) bond motifs is 1. The van der Waals surface area contributed by atoms with E-state index >= 15 is 0 Å². The van der Waals surface area contributed by atoms with Crippen LogP contribution in [0.15, 0.2) is 53.0 Å². The predicted octanol–water partition coefficient (Wildman–Crippen LogP) is 7.48. The van der Waals surface area contributed by atoms with Crippen LogP contribution in [0.5, 0.6) is 5.75 Å². The number of thiazole rings is 1. The molecule has 0 aliphatic rings. The van der Waals surface area contributed by atoms with Gasteiger partial charge in [0.05, 0.1) is 33.6 Å². The molecule has 33 heavy (non-hydrogen) atoms. The number of amides is 1. The van der Waals surface area contributed by atoms with Gasteiger partial charge in [0.2, 0.25) is 0 Å². The van der Waals surface area contributed by atoms with E-state index in [0.717, 1.165) is 25.3 Å². The molecular weight excluding hydrogens is 565 g/mol. The van der Waals surface area contributed by atoms with E-state index in [4.69, 9.17) is 45.1 Å². The summed E-state index contributed by atoms with van der Waals surface area (Å²) in [5.41, 5.74) is 3.22. The van der Waals surface area contributed by atoms with Crippen LogP contribution in [0.2, 0.25) is 10.0 Å². The lowest BCUT2D eigenvalue weighted by atomic mass is 10.1. The molecule has 0 saturated heterocycles. The molecule has 0 spiro atoms. The zero-order valence-corrected chi connectivity index (χ0v) is 22.1. The highest BCUT2D eigenvalue weighted by atomic mass is 79.9. The van der Waals surface area contributed by atoms with Crippen molar-refractivity contribution in [3.8, 4) is 16.3 Å². The van der Waals surface area contributed by atoms with Gasteiger partial charge >= 0.3 is 0 Å². The first kappa shape index (κ1) is 23.9. The number of thiocarbonyl (C=S) groups is 1. The lowest BCUT2D eigenvalue weighted by molar-refractivity contribution is 0.0974. The van der Waals surface area contributed by atoms with Crippen molar-refractivity contribution in [2.24, 2.45) is 0 Å². The number of benzene rings is 3. The van der Waals surface area contributed by atoms with Crippen molar-refractivity contribution in [2.75, 3.05) is 12.4 Å². The zero-order chi connectivity index (χ0) is 23.7. The Labute approximate surface area is 218 Å². The smallest absolute Gasteiger partial charge is 0.261 e. The minimum absolute atomic E-state index is 0.0752. The Balaban J connectivity index is 1.64. The zero-order valence-electron chi connectivity index (χ0n) is 17.3. The molecule has 0 bridgehead atoms. The molecule has 5 nitrogen and oxygen atoms in total. The number of hydrogen-bond donors (Lipinski definition) is 2. The Morgan fingerprint density at radius 2 is 1.94 bits per heavy atom. The van der Waals surface area contributed by atoms with E-state index in [1.165, 1.54) is 18.4 Å². The van der Waals surface area contributed by atoms with Crippen LogP contribution >= 0.6 is 62.7 Å². The molecule has 2 N–H and O–H groups in total. The first-order chi connectivity index (χ1) is 15.8. The standard InChI is InChI=1S/C23H16BrCl2N3O2S2/c1-11-7-12(24)8-15(20(11)31-2)21(30)29-23(32)28-19-14(9-13(25)10-16(19)26)22-27-17-5-3-4-6-18(17)33-22/h3-10H,1-2H3,(H2,28,29,30,32). The van der Waals surface area contributed by atoms with Crippen LogP contribution in [0.25, 0.3) is 20.8 Å². The molecule has 0 aliphatic carbocycles. The number of aryl methyl sites for hydroxylation is 1. The average Bonchev–Trinajstić information content (AvgIpc) is 3.19. The van der Waals surface area contributed by atoms with Gasteiger partial charge in [-0.2, -0.15) is 0 Å². The van der Waals surface area contributed by atoms with Crippen LogP contribution in [-0.4, -0.2) is 23.1 Å². The van der Waals surface area contributed by atoms with Crippen molar-refractivity contribution in [3.63, 3.8) is 0 Å². The maximum absolute atomic E-state index is 12.9. The lowest BCUT2D eigenvalue weighted by Crippen LogP contribution is -2.34. The number of methoxy groups -OCH3 is 1. The van der Waals surface area contributed by atoms with Gasteiger partial charge in [0.1, 0.15) is 10.8 Å². The molecule has 1 aromatic heterocycles. The quantitative estimate of drug-likeness (QED) is 0.245. The first-order valence-electron chi connectivity index (χ1n) is 9.58. The Bertz CT molecular complexity index is 1380. The Morgan fingerprint density at radius 1 is 1.18 bits per heavy atom. The van der Waals surface area contributed by atoms with Crippen LogP contribution in [0.4, 0.5) is 5.69 Å². The molecule has 0 radical (unpaired) electrons. The predicted molar refractivity (Wildman–Crippen MR) is 144 cm³/mol. The van der Waals surface area contributed by atoms with Crippen molar-refractivity contribution in [1.82, 2.24) is 10.3 Å². The first-order valence-corrected chi connectivity index (χ1v) is 12.4.